The van der Waals surface area contributed by atoms with Crippen LogP contribution < -0.4 is 14.2 Å². The second-order valence-corrected chi connectivity index (χ2v) is 7.46. The minimum absolute atomic E-state index is 0.0633. The van der Waals surface area contributed by atoms with Gasteiger partial charge in [-0.2, -0.15) is 0 Å². The van der Waals surface area contributed by atoms with Gasteiger partial charge in [0.05, 0.1) is 14.2 Å². The number of Topliss-reactive ketones (excluding diaryl/α,β-unsaturated/α-hetero) is 1. The summed E-state index contributed by atoms with van der Waals surface area (Å²) in [6.45, 7) is 5.98. The number of furan rings is 1. The molecule has 4 rings (SSSR count). The molecule has 0 radical (unpaired) electrons. The smallest absolute Gasteiger partial charge is 0.214 e. The number of hydrogen-bond acceptors (Lipinski definition) is 5. The van der Waals surface area contributed by atoms with E-state index < -0.39 is 5.60 Å². The molecular formula is C20H21ClO5. The Kier molecular flexibility index (Phi) is 3.77. The number of fused-ring (bicyclic) bond motifs is 2. The third-order valence-corrected chi connectivity index (χ3v) is 6.17. The van der Waals surface area contributed by atoms with Crippen LogP contribution in [-0.2, 0) is 12.8 Å². The average Bonchev–Trinajstić information content (AvgIpc) is 3.06. The molecule has 0 amide bonds. The summed E-state index contributed by atoms with van der Waals surface area (Å²) in [6.07, 6.45) is 1.10. The van der Waals surface area contributed by atoms with Gasteiger partial charge in [-0.3, -0.25) is 4.79 Å². The highest BCUT2D eigenvalue weighted by Gasteiger charge is 2.57. The number of hydrogen-bond donors (Lipinski definition) is 0. The number of rotatable bonds is 2. The normalized spacial score (nSPS) is 23.6. The van der Waals surface area contributed by atoms with Crippen LogP contribution in [0.1, 0.15) is 39.9 Å². The Bertz CT molecular complexity index is 929. The van der Waals surface area contributed by atoms with Gasteiger partial charge in [0, 0.05) is 30.4 Å². The molecule has 0 saturated carbocycles. The van der Waals surface area contributed by atoms with Crippen molar-refractivity contribution in [1.82, 2.24) is 0 Å². The van der Waals surface area contributed by atoms with Crippen LogP contribution in [0.3, 0.4) is 0 Å². The lowest BCUT2D eigenvalue weighted by molar-refractivity contribution is 0.0246. The minimum atomic E-state index is -1.00. The summed E-state index contributed by atoms with van der Waals surface area (Å²) >= 11 is 6.46. The predicted molar refractivity (Wildman–Crippen MR) is 97.0 cm³/mol. The molecule has 26 heavy (non-hydrogen) atoms. The third kappa shape index (κ3) is 2.07. The lowest BCUT2D eigenvalue weighted by atomic mass is 9.72. The Morgan fingerprint density at radius 3 is 2.58 bits per heavy atom. The lowest BCUT2D eigenvalue weighted by Crippen LogP contribution is -2.51. The van der Waals surface area contributed by atoms with Crippen molar-refractivity contribution < 1.29 is 23.4 Å². The van der Waals surface area contributed by atoms with E-state index in [0.717, 1.165) is 22.6 Å². The maximum absolute atomic E-state index is 13.5. The second kappa shape index (κ2) is 5.68. The maximum atomic E-state index is 13.5. The molecule has 2 heterocycles. The van der Waals surface area contributed by atoms with Crippen molar-refractivity contribution in [3.8, 4) is 17.2 Å². The van der Waals surface area contributed by atoms with E-state index in [1.807, 2.05) is 20.8 Å². The molecule has 0 bridgehead atoms. The fourth-order valence-corrected chi connectivity index (χ4v) is 4.37. The highest BCUT2D eigenvalue weighted by Crippen LogP contribution is 2.54. The second-order valence-electron chi connectivity index (χ2n) is 7.09. The van der Waals surface area contributed by atoms with Gasteiger partial charge in [-0.05, 0) is 19.4 Å². The van der Waals surface area contributed by atoms with Gasteiger partial charge in [-0.1, -0.05) is 18.5 Å². The van der Waals surface area contributed by atoms with Crippen molar-refractivity contribution in [3.05, 3.63) is 39.3 Å². The van der Waals surface area contributed by atoms with E-state index in [9.17, 15) is 4.79 Å². The van der Waals surface area contributed by atoms with Crippen LogP contribution >= 0.6 is 11.6 Å². The Balaban J connectivity index is 1.88. The molecule has 2 aliphatic rings. The monoisotopic (exact) mass is 376 g/mol. The Hall–Kier alpha value is -2.14. The predicted octanol–water partition coefficient (Wildman–Crippen LogP) is 4.32. The van der Waals surface area contributed by atoms with Crippen molar-refractivity contribution in [3.63, 3.8) is 0 Å². The molecule has 0 saturated heterocycles. The zero-order chi connectivity index (χ0) is 18.8. The first kappa shape index (κ1) is 17.3. The van der Waals surface area contributed by atoms with Gasteiger partial charge in [0.15, 0.2) is 11.4 Å². The summed E-state index contributed by atoms with van der Waals surface area (Å²) in [5.74, 6) is 2.87. The van der Waals surface area contributed by atoms with Gasteiger partial charge in [0.2, 0.25) is 5.78 Å². The van der Waals surface area contributed by atoms with Crippen molar-refractivity contribution in [2.75, 3.05) is 14.2 Å². The van der Waals surface area contributed by atoms with Gasteiger partial charge in [0.25, 0.3) is 0 Å². The first-order valence-corrected chi connectivity index (χ1v) is 8.97. The number of methoxy groups -OCH3 is 2. The van der Waals surface area contributed by atoms with Crippen LogP contribution in [0.25, 0.3) is 0 Å². The molecule has 0 unspecified atom stereocenters. The van der Waals surface area contributed by atoms with E-state index in [0.29, 0.717) is 40.7 Å². The summed E-state index contributed by atoms with van der Waals surface area (Å²) in [6, 6.07) is 1.63. The van der Waals surface area contributed by atoms with Crippen molar-refractivity contribution in [1.29, 1.82) is 0 Å². The topological polar surface area (TPSA) is 57.9 Å². The molecule has 5 nitrogen and oxygen atoms in total. The molecule has 138 valence electrons. The van der Waals surface area contributed by atoms with Gasteiger partial charge in [-0.25, -0.2) is 0 Å². The van der Waals surface area contributed by atoms with E-state index in [4.69, 9.17) is 30.2 Å². The first-order valence-electron chi connectivity index (χ1n) is 8.60. The molecule has 2 atom stereocenters. The van der Waals surface area contributed by atoms with Crippen molar-refractivity contribution in [2.24, 2.45) is 5.92 Å². The van der Waals surface area contributed by atoms with E-state index in [1.54, 1.807) is 6.07 Å². The molecule has 0 fully saturated rings. The van der Waals surface area contributed by atoms with Crippen LogP contribution in [0, 0.1) is 19.8 Å². The van der Waals surface area contributed by atoms with E-state index in [1.165, 1.54) is 14.2 Å². The van der Waals surface area contributed by atoms with Crippen LogP contribution in [0.15, 0.2) is 10.5 Å². The highest BCUT2D eigenvalue weighted by molar-refractivity contribution is 6.35. The van der Waals surface area contributed by atoms with Crippen molar-refractivity contribution >= 4 is 17.4 Å². The Labute approximate surface area is 157 Å². The lowest BCUT2D eigenvalue weighted by Gasteiger charge is -2.36. The molecule has 1 aromatic carbocycles. The number of benzene rings is 1. The van der Waals surface area contributed by atoms with Gasteiger partial charge in [0.1, 0.15) is 33.6 Å². The zero-order valence-corrected chi connectivity index (χ0v) is 16.2. The number of halogens is 1. The summed E-state index contributed by atoms with van der Waals surface area (Å²) in [5.41, 5.74) is 1.53. The SMILES string of the molecule is COc1cc(OC)c2c(c1Cl)O[C@@]1(Cc3c(oc(C)c3C)C[C@H]1C)C2=O. The van der Waals surface area contributed by atoms with Gasteiger partial charge in [-0.15, -0.1) is 0 Å². The highest BCUT2D eigenvalue weighted by atomic mass is 35.5. The number of carbonyl (C=O) groups is 1. The molecule has 1 aromatic heterocycles. The molecule has 0 N–H and O–H groups in total. The Morgan fingerprint density at radius 1 is 1.23 bits per heavy atom. The number of ketones is 1. The first-order chi connectivity index (χ1) is 12.3. The van der Waals surface area contributed by atoms with Crippen LogP contribution in [0.5, 0.6) is 17.2 Å². The van der Waals surface area contributed by atoms with E-state index >= 15 is 0 Å². The quantitative estimate of drug-likeness (QED) is 0.781. The Morgan fingerprint density at radius 2 is 1.92 bits per heavy atom. The van der Waals surface area contributed by atoms with E-state index in [-0.39, 0.29) is 11.7 Å². The minimum Gasteiger partial charge on any atom is -0.496 e. The van der Waals surface area contributed by atoms with Crippen molar-refractivity contribution in [2.45, 2.75) is 39.2 Å². The van der Waals surface area contributed by atoms with Crippen LogP contribution in [-0.4, -0.2) is 25.6 Å². The molecular weight excluding hydrogens is 356 g/mol. The fraction of sp³-hybridized carbons (Fsp3) is 0.450. The summed E-state index contributed by atoms with van der Waals surface area (Å²) in [7, 11) is 3.04. The summed E-state index contributed by atoms with van der Waals surface area (Å²) < 4.78 is 22.9. The molecule has 1 aliphatic carbocycles. The standard InChI is InChI=1S/C20H21ClO5/c1-9-6-13-12(10(2)11(3)25-13)8-20(9)19(22)16-14(23-4)7-15(24-5)17(21)18(16)26-20/h7,9H,6,8H2,1-5H3/t9-,20-/m1/s1. The zero-order valence-electron chi connectivity index (χ0n) is 15.5. The molecule has 2 aromatic rings. The maximum Gasteiger partial charge on any atom is 0.214 e. The fourth-order valence-electron chi connectivity index (χ4n) is 4.11. The third-order valence-electron chi connectivity index (χ3n) is 5.81. The summed E-state index contributed by atoms with van der Waals surface area (Å²) in [4.78, 5) is 13.5. The molecule has 1 spiro atoms. The summed E-state index contributed by atoms with van der Waals surface area (Å²) in [5, 5.41) is 0.298. The molecule has 6 heteroatoms. The van der Waals surface area contributed by atoms with Crippen LogP contribution in [0.2, 0.25) is 5.02 Å². The number of ether oxygens (including phenoxy) is 3. The molecule has 1 aliphatic heterocycles. The number of carbonyl (C=O) groups excluding carboxylic acids is 1. The van der Waals surface area contributed by atoms with Gasteiger partial charge < -0.3 is 18.6 Å². The number of aryl methyl sites for hydroxylation is 1. The van der Waals surface area contributed by atoms with Crippen LogP contribution in [0.4, 0.5) is 0 Å². The van der Waals surface area contributed by atoms with Gasteiger partial charge >= 0.3 is 0 Å². The average molecular weight is 377 g/mol. The largest absolute Gasteiger partial charge is 0.496 e. The van der Waals surface area contributed by atoms with E-state index in [2.05, 4.69) is 0 Å².